The fourth-order valence-corrected chi connectivity index (χ4v) is 3.01. The van der Waals surface area contributed by atoms with Crippen LogP contribution in [0.15, 0.2) is 12.2 Å². The number of ketones is 1. The molecule has 0 aromatic rings. The summed E-state index contributed by atoms with van der Waals surface area (Å²) in [7, 11) is 0. The highest BCUT2D eigenvalue weighted by atomic mass is 16.5. The Bertz CT molecular complexity index is 333. The summed E-state index contributed by atoms with van der Waals surface area (Å²) in [5, 5.41) is 0. The van der Waals surface area contributed by atoms with Gasteiger partial charge in [-0.2, -0.15) is 0 Å². The van der Waals surface area contributed by atoms with Crippen molar-refractivity contribution in [2.24, 2.45) is 0 Å². The minimum atomic E-state index is -0.00741. The first-order valence-electron chi connectivity index (χ1n) is 6.72. The van der Waals surface area contributed by atoms with E-state index in [-0.39, 0.29) is 17.9 Å². The third-order valence-corrected chi connectivity index (χ3v) is 3.98. The van der Waals surface area contributed by atoms with Crippen molar-refractivity contribution in [2.75, 3.05) is 52.6 Å². The Morgan fingerprint density at radius 3 is 2.11 bits per heavy atom. The second kappa shape index (κ2) is 5.48. The van der Waals surface area contributed by atoms with E-state index in [1.165, 1.54) is 0 Å². The number of carbonyl (C=O) groups is 1. The molecule has 1 aliphatic carbocycles. The molecule has 100 valence electrons. The number of nitrogens with zero attached hydrogens (tertiary/aromatic N) is 2. The van der Waals surface area contributed by atoms with Crippen LogP contribution in [0.3, 0.4) is 0 Å². The minimum absolute atomic E-state index is 0.00741. The van der Waals surface area contributed by atoms with Crippen molar-refractivity contribution in [1.82, 2.24) is 9.80 Å². The van der Waals surface area contributed by atoms with Crippen LogP contribution in [0.25, 0.3) is 0 Å². The second-order valence-electron chi connectivity index (χ2n) is 4.99. The van der Waals surface area contributed by atoms with Gasteiger partial charge in [-0.15, -0.1) is 0 Å². The molecular formula is C13H20N2O3. The highest BCUT2D eigenvalue weighted by Gasteiger charge is 2.39. The molecule has 0 radical (unpaired) electrons. The zero-order chi connectivity index (χ0) is 12.4. The fraction of sp³-hybridized carbons (Fsp3) is 0.769. The number of hydrogen-bond acceptors (Lipinski definition) is 5. The van der Waals surface area contributed by atoms with Crippen molar-refractivity contribution in [3.8, 4) is 0 Å². The van der Waals surface area contributed by atoms with Crippen LogP contribution in [0.5, 0.6) is 0 Å². The van der Waals surface area contributed by atoms with Crippen molar-refractivity contribution in [3.63, 3.8) is 0 Å². The Balaban J connectivity index is 1.71. The molecule has 18 heavy (non-hydrogen) atoms. The zero-order valence-corrected chi connectivity index (χ0v) is 10.6. The van der Waals surface area contributed by atoms with E-state index in [0.717, 1.165) is 52.6 Å². The molecule has 0 bridgehead atoms. The Morgan fingerprint density at radius 1 is 0.944 bits per heavy atom. The van der Waals surface area contributed by atoms with E-state index in [2.05, 4.69) is 15.9 Å². The van der Waals surface area contributed by atoms with Crippen LogP contribution in [0, 0.1) is 0 Å². The SMILES string of the molecule is O=C1C=CC(N2CCOCC2)C1N1CCOCC1. The largest absolute Gasteiger partial charge is 0.379 e. The van der Waals surface area contributed by atoms with Crippen molar-refractivity contribution in [1.29, 1.82) is 0 Å². The maximum Gasteiger partial charge on any atom is 0.174 e. The highest BCUT2D eigenvalue weighted by Crippen LogP contribution is 2.22. The molecule has 0 saturated carbocycles. The monoisotopic (exact) mass is 252 g/mol. The van der Waals surface area contributed by atoms with Gasteiger partial charge in [0.1, 0.15) is 0 Å². The van der Waals surface area contributed by atoms with Gasteiger partial charge in [-0.25, -0.2) is 0 Å². The first kappa shape index (κ1) is 12.3. The molecule has 2 fully saturated rings. The summed E-state index contributed by atoms with van der Waals surface area (Å²) in [6.07, 6.45) is 3.81. The molecule has 2 aliphatic heterocycles. The molecule has 0 aromatic heterocycles. The summed E-state index contributed by atoms with van der Waals surface area (Å²) in [6.45, 7) is 6.58. The summed E-state index contributed by atoms with van der Waals surface area (Å²) < 4.78 is 10.8. The summed E-state index contributed by atoms with van der Waals surface area (Å²) in [5.41, 5.74) is 0. The minimum Gasteiger partial charge on any atom is -0.379 e. The number of hydrogen-bond donors (Lipinski definition) is 0. The summed E-state index contributed by atoms with van der Waals surface area (Å²) in [6, 6.07) is 0.214. The second-order valence-corrected chi connectivity index (χ2v) is 4.99. The van der Waals surface area contributed by atoms with Gasteiger partial charge in [0.2, 0.25) is 0 Å². The van der Waals surface area contributed by atoms with Crippen molar-refractivity contribution >= 4 is 5.78 Å². The standard InChI is InChI=1S/C13H20N2O3/c16-12-2-1-11(14-3-7-17-8-4-14)13(12)15-5-9-18-10-6-15/h1-2,11,13H,3-10H2. The van der Waals surface area contributed by atoms with Gasteiger partial charge in [0.25, 0.3) is 0 Å². The summed E-state index contributed by atoms with van der Waals surface area (Å²) >= 11 is 0. The van der Waals surface area contributed by atoms with Crippen molar-refractivity contribution in [3.05, 3.63) is 12.2 Å². The van der Waals surface area contributed by atoms with Crippen molar-refractivity contribution < 1.29 is 14.3 Å². The molecule has 0 N–H and O–H groups in total. The van der Waals surface area contributed by atoms with Crippen molar-refractivity contribution in [2.45, 2.75) is 12.1 Å². The number of morpholine rings is 2. The molecule has 2 heterocycles. The molecule has 2 atom stereocenters. The maximum absolute atomic E-state index is 12.1. The van der Waals surface area contributed by atoms with E-state index in [1.54, 1.807) is 6.08 Å². The lowest BCUT2D eigenvalue weighted by atomic mass is 10.1. The lowest BCUT2D eigenvalue weighted by Gasteiger charge is -2.40. The van der Waals surface area contributed by atoms with Crippen LogP contribution in [0.4, 0.5) is 0 Å². The molecular weight excluding hydrogens is 232 g/mol. The van der Waals surface area contributed by atoms with Gasteiger partial charge in [0.15, 0.2) is 5.78 Å². The molecule has 5 nitrogen and oxygen atoms in total. The van der Waals surface area contributed by atoms with Gasteiger partial charge in [0, 0.05) is 26.2 Å². The molecule has 5 heteroatoms. The first-order chi connectivity index (χ1) is 8.86. The molecule has 0 aromatic carbocycles. The Morgan fingerprint density at radius 2 is 1.50 bits per heavy atom. The van der Waals surface area contributed by atoms with Gasteiger partial charge in [-0.3, -0.25) is 14.6 Å². The predicted molar refractivity (Wildman–Crippen MR) is 66.5 cm³/mol. The maximum atomic E-state index is 12.1. The summed E-state index contributed by atoms with van der Waals surface area (Å²) in [4.78, 5) is 16.7. The molecule has 2 unspecified atom stereocenters. The average Bonchev–Trinajstić information content (AvgIpc) is 2.83. The van der Waals surface area contributed by atoms with Crippen LogP contribution in [-0.4, -0.2) is 80.3 Å². The third-order valence-electron chi connectivity index (χ3n) is 3.98. The van der Waals surface area contributed by atoms with Crippen LogP contribution in [-0.2, 0) is 14.3 Å². The molecule has 3 aliphatic rings. The quantitative estimate of drug-likeness (QED) is 0.664. The lowest BCUT2D eigenvalue weighted by molar-refractivity contribution is -0.123. The van der Waals surface area contributed by atoms with Crippen LogP contribution in [0.1, 0.15) is 0 Å². The number of rotatable bonds is 2. The fourth-order valence-electron chi connectivity index (χ4n) is 3.01. The topological polar surface area (TPSA) is 42.0 Å². The molecule has 3 rings (SSSR count). The predicted octanol–water partition coefficient (Wildman–Crippen LogP) is -0.473. The van der Waals surface area contributed by atoms with E-state index < -0.39 is 0 Å². The van der Waals surface area contributed by atoms with E-state index in [9.17, 15) is 4.79 Å². The number of ether oxygens (including phenoxy) is 2. The van der Waals surface area contributed by atoms with Gasteiger partial charge < -0.3 is 9.47 Å². The molecule has 0 amide bonds. The first-order valence-corrected chi connectivity index (χ1v) is 6.72. The lowest BCUT2D eigenvalue weighted by Crippen LogP contribution is -2.56. The van der Waals surface area contributed by atoms with Gasteiger partial charge in [0.05, 0.1) is 38.5 Å². The van der Waals surface area contributed by atoms with Crippen LogP contribution >= 0.6 is 0 Å². The Hall–Kier alpha value is -0.750. The van der Waals surface area contributed by atoms with E-state index in [0.29, 0.717) is 0 Å². The average molecular weight is 252 g/mol. The Kier molecular flexibility index (Phi) is 3.75. The van der Waals surface area contributed by atoms with E-state index in [1.807, 2.05) is 0 Å². The van der Waals surface area contributed by atoms with Gasteiger partial charge >= 0.3 is 0 Å². The van der Waals surface area contributed by atoms with E-state index in [4.69, 9.17) is 9.47 Å². The number of carbonyl (C=O) groups excluding carboxylic acids is 1. The molecule has 2 saturated heterocycles. The van der Waals surface area contributed by atoms with Crippen LogP contribution < -0.4 is 0 Å². The third kappa shape index (κ3) is 2.36. The zero-order valence-electron chi connectivity index (χ0n) is 10.6. The van der Waals surface area contributed by atoms with Gasteiger partial charge in [-0.1, -0.05) is 6.08 Å². The molecule has 0 spiro atoms. The smallest absolute Gasteiger partial charge is 0.174 e. The van der Waals surface area contributed by atoms with E-state index >= 15 is 0 Å². The van der Waals surface area contributed by atoms with Crippen LogP contribution in [0.2, 0.25) is 0 Å². The summed E-state index contributed by atoms with van der Waals surface area (Å²) in [5.74, 6) is 0.244. The van der Waals surface area contributed by atoms with Gasteiger partial charge in [-0.05, 0) is 6.08 Å². The normalized spacial score (nSPS) is 35.2. The highest BCUT2D eigenvalue weighted by molar-refractivity contribution is 5.98. The Labute approximate surface area is 107 Å².